The number of carbonyl (C=O) groups is 2. The molecule has 10 heteroatoms. The fraction of sp³-hybridized carbons (Fsp3) is 0.440. The Morgan fingerprint density at radius 1 is 1.14 bits per heavy atom. The number of ether oxygens (including phenoxy) is 2. The third kappa shape index (κ3) is 5.43. The Morgan fingerprint density at radius 3 is 2.60 bits per heavy atom. The number of fused-ring (bicyclic) bond motifs is 2. The standard InChI is InChI=1S/C25H31N3O6S/c1-4-23(29)28-12-11-17-13-19(9-10-20(17)28)35(31,32)27-24(16(2)3)25(30)26-14-18-15-33-21-7-5-6-8-22(21)34-18/h5-10,13,16,18,24,27H,4,11-12,14-15H2,1-3H3,(H,26,30). The van der Waals surface area contributed by atoms with Crippen LogP contribution >= 0.6 is 0 Å². The van der Waals surface area contributed by atoms with Crippen molar-refractivity contribution in [2.24, 2.45) is 5.92 Å². The molecular weight excluding hydrogens is 470 g/mol. The molecule has 188 valence electrons. The monoisotopic (exact) mass is 501 g/mol. The summed E-state index contributed by atoms with van der Waals surface area (Å²) in [6.07, 6.45) is 0.589. The summed E-state index contributed by atoms with van der Waals surface area (Å²) in [5, 5.41) is 2.79. The number of sulfonamides is 1. The first-order valence-electron chi connectivity index (χ1n) is 11.8. The molecule has 0 saturated carbocycles. The fourth-order valence-corrected chi connectivity index (χ4v) is 5.60. The number of rotatable bonds is 8. The van der Waals surface area contributed by atoms with E-state index in [1.807, 2.05) is 18.2 Å². The lowest BCUT2D eigenvalue weighted by molar-refractivity contribution is -0.124. The summed E-state index contributed by atoms with van der Waals surface area (Å²) in [6, 6.07) is 11.0. The van der Waals surface area contributed by atoms with Gasteiger partial charge >= 0.3 is 0 Å². The van der Waals surface area contributed by atoms with Crippen LogP contribution in [0.4, 0.5) is 5.69 Å². The molecule has 0 spiro atoms. The van der Waals surface area contributed by atoms with Crippen molar-refractivity contribution in [2.75, 3.05) is 24.6 Å². The summed E-state index contributed by atoms with van der Waals surface area (Å²) >= 11 is 0. The van der Waals surface area contributed by atoms with Crippen molar-refractivity contribution in [1.82, 2.24) is 10.0 Å². The summed E-state index contributed by atoms with van der Waals surface area (Å²) < 4.78 is 40.4. The molecule has 35 heavy (non-hydrogen) atoms. The van der Waals surface area contributed by atoms with Gasteiger partial charge in [-0.15, -0.1) is 0 Å². The maximum atomic E-state index is 13.1. The lowest BCUT2D eigenvalue weighted by atomic mass is 10.1. The third-order valence-electron chi connectivity index (χ3n) is 6.16. The molecule has 0 fully saturated rings. The molecule has 2 aromatic rings. The molecule has 2 heterocycles. The molecule has 2 aliphatic rings. The van der Waals surface area contributed by atoms with Gasteiger partial charge in [-0.25, -0.2) is 8.42 Å². The molecule has 9 nitrogen and oxygen atoms in total. The second-order valence-electron chi connectivity index (χ2n) is 9.03. The minimum absolute atomic E-state index is 0.00450. The van der Waals surface area contributed by atoms with E-state index in [9.17, 15) is 18.0 Å². The highest BCUT2D eigenvalue weighted by molar-refractivity contribution is 7.89. The zero-order valence-corrected chi connectivity index (χ0v) is 20.9. The average molecular weight is 502 g/mol. The second kappa shape index (κ2) is 10.2. The quantitative estimate of drug-likeness (QED) is 0.574. The number of nitrogens with zero attached hydrogens (tertiary/aromatic N) is 1. The molecule has 0 saturated heterocycles. The Morgan fingerprint density at radius 2 is 1.89 bits per heavy atom. The summed E-state index contributed by atoms with van der Waals surface area (Å²) in [7, 11) is -3.97. The largest absolute Gasteiger partial charge is 0.486 e. The van der Waals surface area contributed by atoms with Crippen LogP contribution in [-0.4, -0.2) is 52.1 Å². The van der Waals surface area contributed by atoms with Gasteiger partial charge in [-0.3, -0.25) is 9.59 Å². The van der Waals surface area contributed by atoms with E-state index >= 15 is 0 Å². The van der Waals surface area contributed by atoms with Gasteiger partial charge < -0.3 is 19.7 Å². The second-order valence-corrected chi connectivity index (χ2v) is 10.7. The maximum Gasteiger partial charge on any atom is 0.241 e. The van der Waals surface area contributed by atoms with Gasteiger partial charge in [0.05, 0.1) is 11.4 Å². The van der Waals surface area contributed by atoms with Gasteiger partial charge in [0.1, 0.15) is 18.8 Å². The van der Waals surface area contributed by atoms with E-state index in [1.165, 1.54) is 6.07 Å². The number of hydrogen-bond acceptors (Lipinski definition) is 6. The number of amides is 2. The zero-order chi connectivity index (χ0) is 25.2. The predicted octanol–water partition coefficient (Wildman–Crippen LogP) is 2.24. The van der Waals surface area contributed by atoms with Crippen molar-refractivity contribution in [1.29, 1.82) is 0 Å². The molecule has 2 aliphatic heterocycles. The van der Waals surface area contributed by atoms with Crippen molar-refractivity contribution in [3.05, 3.63) is 48.0 Å². The van der Waals surface area contributed by atoms with E-state index in [-0.39, 0.29) is 36.0 Å². The lowest BCUT2D eigenvalue weighted by Gasteiger charge is -2.28. The highest BCUT2D eigenvalue weighted by atomic mass is 32.2. The van der Waals surface area contributed by atoms with E-state index in [1.54, 1.807) is 43.9 Å². The van der Waals surface area contributed by atoms with Gasteiger partial charge in [0, 0.05) is 18.7 Å². The van der Waals surface area contributed by atoms with Gasteiger partial charge in [-0.2, -0.15) is 4.72 Å². The summed E-state index contributed by atoms with van der Waals surface area (Å²) in [6.45, 7) is 6.35. The maximum absolute atomic E-state index is 13.1. The first-order valence-corrected chi connectivity index (χ1v) is 13.3. The Bertz CT molecular complexity index is 1210. The van der Waals surface area contributed by atoms with E-state index in [2.05, 4.69) is 10.0 Å². The predicted molar refractivity (Wildman–Crippen MR) is 131 cm³/mol. The Balaban J connectivity index is 1.41. The van der Waals surface area contributed by atoms with E-state index < -0.39 is 22.0 Å². The molecule has 2 N–H and O–H groups in total. The molecule has 0 aliphatic carbocycles. The summed E-state index contributed by atoms with van der Waals surface area (Å²) in [5.41, 5.74) is 1.54. The zero-order valence-electron chi connectivity index (χ0n) is 20.1. The van der Waals surface area contributed by atoms with Crippen LogP contribution in [0.2, 0.25) is 0 Å². The Hall–Kier alpha value is -3.11. The number of nitrogens with one attached hydrogen (secondary N) is 2. The molecule has 0 bridgehead atoms. The van der Waals surface area contributed by atoms with Crippen molar-refractivity contribution in [2.45, 2.75) is 50.7 Å². The van der Waals surface area contributed by atoms with Crippen LogP contribution in [0.15, 0.2) is 47.4 Å². The van der Waals surface area contributed by atoms with Gasteiger partial charge in [0.15, 0.2) is 11.5 Å². The highest BCUT2D eigenvalue weighted by Gasteiger charge is 2.31. The van der Waals surface area contributed by atoms with Crippen LogP contribution in [0.25, 0.3) is 0 Å². The number of anilines is 1. The molecule has 2 amide bonds. The Labute approximate surface area is 205 Å². The van der Waals surface area contributed by atoms with Gasteiger partial charge in [0.25, 0.3) is 0 Å². The minimum atomic E-state index is -3.97. The normalized spacial score (nSPS) is 17.7. The van der Waals surface area contributed by atoms with Gasteiger partial charge in [-0.05, 0) is 48.2 Å². The smallest absolute Gasteiger partial charge is 0.241 e. The number of para-hydroxylation sites is 2. The number of hydrogen-bond donors (Lipinski definition) is 2. The molecule has 4 rings (SSSR count). The summed E-state index contributed by atoms with van der Waals surface area (Å²) in [4.78, 5) is 26.8. The SMILES string of the molecule is CCC(=O)N1CCc2cc(S(=O)(=O)NC(C(=O)NCC3COc4ccccc4O3)C(C)C)ccc21. The molecule has 2 aromatic carbocycles. The first kappa shape index (κ1) is 25.0. The van der Waals surface area contributed by atoms with Crippen LogP contribution < -0.4 is 24.4 Å². The van der Waals surface area contributed by atoms with Crippen LogP contribution in [0, 0.1) is 5.92 Å². The average Bonchev–Trinajstić information content (AvgIpc) is 3.28. The van der Waals surface area contributed by atoms with Crippen LogP contribution in [-0.2, 0) is 26.0 Å². The van der Waals surface area contributed by atoms with Crippen molar-refractivity contribution in [3.8, 4) is 11.5 Å². The third-order valence-corrected chi connectivity index (χ3v) is 7.60. The number of carbonyl (C=O) groups excluding carboxylic acids is 2. The van der Waals surface area contributed by atoms with Crippen LogP contribution in [0.3, 0.4) is 0 Å². The van der Waals surface area contributed by atoms with Crippen LogP contribution in [0.1, 0.15) is 32.8 Å². The lowest BCUT2D eigenvalue weighted by Crippen LogP contribution is -2.52. The molecule has 0 aromatic heterocycles. The van der Waals surface area contributed by atoms with E-state index in [0.717, 1.165) is 11.3 Å². The molecular formula is C25H31N3O6S. The number of benzene rings is 2. The van der Waals surface area contributed by atoms with Crippen LogP contribution in [0.5, 0.6) is 11.5 Å². The minimum Gasteiger partial charge on any atom is -0.486 e. The highest BCUT2D eigenvalue weighted by Crippen LogP contribution is 2.32. The van der Waals surface area contributed by atoms with Crippen molar-refractivity contribution in [3.63, 3.8) is 0 Å². The summed E-state index contributed by atoms with van der Waals surface area (Å²) in [5.74, 6) is 0.534. The Kier molecular flexibility index (Phi) is 7.32. The fourth-order valence-electron chi connectivity index (χ4n) is 4.21. The van der Waals surface area contributed by atoms with Gasteiger partial charge in [0.2, 0.25) is 21.8 Å². The molecule has 2 unspecified atom stereocenters. The van der Waals surface area contributed by atoms with Crippen molar-refractivity contribution < 1.29 is 27.5 Å². The van der Waals surface area contributed by atoms with Gasteiger partial charge in [-0.1, -0.05) is 32.9 Å². The topological polar surface area (TPSA) is 114 Å². The first-order chi connectivity index (χ1) is 16.7. The van der Waals surface area contributed by atoms with E-state index in [4.69, 9.17) is 9.47 Å². The molecule has 2 atom stereocenters. The van der Waals surface area contributed by atoms with Crippen molar-refractivity contribution >= 4 is 27.5 Å². The molecule has 0 radical (unpaired) electrons. The van der Waals surface area contributed by atoms with E-state index in [0.29, 0.717) is 30.9 Å².